The zero-order valence-electron chi connectivity index (χ0n) is 26.5. The highest BCUT2D eigenvalue weighted by atomic mass is 16.5. The molecule has 0 spiro atoms. The molecule has 0 bridgehead atoms. The smallest absolute Gasteiger partial charge is 0.254 e. The molecule has 0 radical (unpaired) electrons. The number of rotatable bonds is 12. The molecule has 2 saturated carbocycles. The van der Waals surface area contributed by atoms with Gasteiger partial charge in [-0.3, -0.25) is 9.78 Å². The lowest BCUT2D eigenvalue weighted by atomic mass is 9.90. The molecule has 2 aliphatic rings. The zero-order valence-corrected chi connectivity index (χ0v) is 26.5. The highest BCUT2D eigenvalue weighted by Gasteiger charge is 2.19. The van der Waals surface area contributed by atoms with Gasteiger partial charge in [-0.1, -0.05) is 93.1 Å². The van der Waals surface area contributed by atoms with Gasteiger partial charge in [0.25, 0.3) is 5.91 Å². The fourth-order valence-corrected chi connectivity index (χ4v) is 6.76. The lowest BCUT2D eigenvalue weighted by Gasteiger charge is -2.24. The first-order valence-corrected chi connectivity index (χ1v) is 17.0. The first-order chi connectivity index (χ1) is 22.2. The Morgan fingerprint density at radius 2 is 1.33 bits per heavy atom. The standard InChI is InChI=1S/C40H47N3O2/c44-40(37-21-23-39(24-22-37)45-30-33-8-3-1-4-9-33)43(29-34-10-7-25-41-26-34)28-32-15-19-36(20-16-32)35-17-13-31(14-18-35)27-42-38-11-5-2-6-12-38/h7,10,13-26,33,38,42H,1-6,8-9,11-12,27-30H2. The van der Waals surface area contributed by atoms with Crippen molar-refractivity contribution in [1.82, 2.24) is 15.2 Å². The van der Waals surface area contributed by atoms with Crippen LogP contribution in [0.5, 0.6) is 5.75 Å². The fourth-order valence-electron chi connectivity index (χ4n) is 6.76. The van der Waals surface area contributed by atoms with Crippen LogP contribution in [0.15, 0.2) is 97.3 Å². The molecule has 5 nitrogen and oxygen atoms in total. The second-order valence-electron chi connectivity index (χ2n) is 13.0. The largest absolute Gasteiger partial charge is 0.493 e. The Bertz CT molecular complexity index is 1460. The van der Waals surface area contributed by atoms with Gasteiger partial charge in [0.2, 0.25) is 0 Å². The van der Waals surface area contributed by atoms with Crippen molar-refractivity contribution >= 4 is 5.91 Å². The van der Waals surface area contributed by atoms with Gasteiger partial charge in [-0.05, 0) is 89.8 Å². The summed E-state index contributed by atoms with van der Waals surface area (Å²) in [5.74, 6) is 1.48. The molecule has 0 unspecified atom stereocenters. The maximum absolute atomic E-state index is 13.8. The molecule has 0 saturated heterocycles. The second-order valence-corrected chi connectivity index (χ2v) is 13.0. The normalized spacial score (nSPS) is 15.9. The summed E-state index contributed by atoms with van der Waals surface area (Å²) in [4.78, 5) is 20.0. The molecule has 5 heteroatoms. The van der Waals surface area contributed by atoms with E-state index in [-0.39, 0.29) is 5.91 Å². The SMILES string of the molecule is O=C(c1ccc(OCC2CCCCC2)cc1)N(Cc1ccc(-c2ccc(CNC3CCCCC3)cc2)cc1)Cc1cccnc1. The Labute approximate surface area is 269 Å². The van der Waals surface area contributed by atoms with Crippen molar-refractivity contribution < 1.29 is 9.53 Å². The van der Waals surface area contributed by atoms with Gasteiger partial charge < -0.3 is 15.0 Å². The topological polar surface area (TPSA) is 54.5 Å². The third-order valence-corrected chi connectivity index (χ3v) is 9.51. The maximum Gasteiger partial charge on any atom is 0.254 e. The summed E-state index contributed by atoms with van der Waals surface area (Å²) in [5, 5.41) is 3.74. The number of amides is 1. The van der Waals surface area contributed by atoms with E-state index in [0.29, 0.717) is 30.6 Å². The van der Waals surface area contributed by atoms with E-state index in [1.54, 1.807) is 6.20 Å². The van der Waals surface area contributed by atoms with Crippen molar-refractivity contribution in [2.75, 3.05) is 6.61 Å². The summed E-state index contributed by atoms with van der Waals surface area (Å²) >= 11 is 0. The van der Waals surface area contributed by atoms with E-state index in [4.69, 9.17) is 4.74 Å². The lowest BCUT2D eigenvalue weighted by molar-refractivity contribution is 0.0730. The van der Waals surface area contributed by atoms with E-state index >= 15 is 0 Å². The number of ether oxygens (including phenoxy) is 1. The number of hydrogen-bond acceptors (Lipinski definition) is 4. The van der Waals surface area contributed by atoms with Crippen LogP contribution in [0.1, 0.15) is 91.3 Å². The summed E-state index contributed by atoms with van der Waals surface area (Å²) in [6.45, 7) is 2.70. The lowest BCUT2D eigenvalue weighted by Crippen LogP contribution is -2.30. The maximum atomic E-state index is 13.8. The minimum Gasteiger partial charge on any atom is -0.493 e. The van der Waals surface area contributed by atoms with Crippen molar-refractivity contribution in [1.29, 1.82) is 0 Å². The van der Waals surface area contributed by atoms with Crippen LogP contribution in [-0.4, -0.2) is 28.4 Å². The number of carbonyl (C=O) groups is 1. The van der Waals surface area contributed by atoms with E-state index in [9.17, 15) is 4.79 Å². The van der Waals surface area contributed by atoms with Crippen LogP contribution in [-0.2, 0) is 19.6 Å². The van der Waals surface area contributed by atoms with Crippen molar-refractivity contribution in [2.45, 2.75) is 89.9 Å². The first kappa shape index (κ1) is 31.0. The van der Waals surface area contributed by atoms with Crippen LogP contribution in [0, 0.1) is 5.92 Å². The van der Waals surface area contributed by atoms with E-state index in [1.165, 1.54) is 80.9 Å². The molecule has 3 aromatic carbocycles. The van der Waals surface area contributed by atoms with Gasteiger partial charge in [-0.15, -0.1) is 0 Å². The highest BCUT2D eigenvalue weighted by molar-refractivity contribution is 5.94. The molecule has 234 valence electrons. The Balaban J connectivity index is 1.09. The molecule has 1 N–H and O–H groups in total. The molecule has 45 heavy (non-hydrogen) atoms. The quantitative estimate of drug-likeness (QED) is 0.176. The van der Waals surface area contributed by atoms with E-state index in [2.05, 4.69) is 58.8 Å². The number of hydrogen-bond donors (Lipinski definition) is 1. The van der Waals surface area contributed by atoms with Crippen LogP contribution in [0.3, 0.4) is 0 Å². The number of carbonyl (C=O) groups excluding carboxylic acids is 1. The Morgan fingerprint density at radius 3 is 1.98 bits per heavy atom. The molecular formula is C40H47N3O2. The van der Waals surface area contributed by atoms with Crippen molar-refractivity contribution in [2.24, 2.45) is 5.92 Å². The van der Waals surface area contributed by atoms with Crippen LogP contribution in [0.4, 0.5) is 0 Å². The zero-order chi connectivity index (χ0) is 30.7. The Morgan fingerprint density at radius 1 is 0.711 bits per heavy atom. The van der Waals surface area contributed by atoms with Crippen molar-refractivity contribution in [3.05, 3.63) is 120 Å². The van der Waals surface area contributed by atoms with Crippen LogP contribution < -0.4 is 10.1 Å². The third kappa shape index (κ3) is 9.04. The third-order valence-electron chi connectivity index (χ3n) is 9.51. The molecular weight excluding hydrogens is 554 g/mol. The van der Waals surface area contributed by atoms with Gasteiger partial charge in [-0.2, -0.15) is 0 Å². The van der Waals surface area contributed by atoms with Crippen LogP contribution in [0.25, 0.3) is 11.1 Å². The Hall–Kier alpha value is -3.96. The predicted octanol–water partition coefficient (Wildman–Crippen LogP) is 8.97. The van der Waals surface area contributed by atoms with Gasteiger partial charge in [0.05, 0.1) is 6.61 Å². The molecule has 0 aliphatic heterocycles. The monoisotopic (exact) mass is 601 g/mol. The summed E-state index contributed by atoms with van der Waals surface area (Å²) in [7, 11) is 0. The number of benzene rings is 3. The minimum atomic E-state index is -0.000755. The molecule has 1 aromatic heterocycles. The molecule has 4 aromatic rings. The van der Waals surface area contributed by atoms with Gasteiger partial charge in [0.1, 0.15) is 5.75 Å². The van der Waals surface area contributed by atoms with Gasteiger partial charge in [0, 0.05) is 43.6 Å². The van der Waals surface area contributed by atoms with Gasteiger partial charge in [0.15, 0.2) is 0 Å². The predicted molar refractivity (Wildman–Crippen MR) is 182 cm³/mol. The average Bonchev–Trinajstić information content (AvgIpc) is 3.11. The minimum absolute atomic E-state index is 0.000755. The van der Waals surface area contributed by atoms with Crippen LogP contribution >= 0.6 is 0 Å². The van der Waals surface area contributed by atoms with Gasteiger partial charge >= 0.3 is 0 Å². The first-order valence-electron chi connectivity index (χ1n) is 17.0. The number of aromatic nitrogens is 1. The number of nitrogens with one attached hydrogen (secondary N) is 1. The van der Waals surface area contributed by atoms with Crippen LogP contribution in [0.2, 0.25) is 0 Å². The van der Waals surface area contributed by atoms with E-state index < -0.39 is 0 Å². The second kappa shape index (κ2) is 15.9. The highest BCUT2D eigenvalue weighted by Crippen LogP contribution is 2.26. The fraction of sp³-hybridized carbons (Fsp3) is 0.400. The number of pyridine rings is 1. The Kier molecular flexibility index (Phi) is 10.9. The average molecular weight is 602 g/mol. The molecule has 2 aliphatic carbocycles. The summed E-state index contributed by atoms with van der Waals surface area (Å²) in [6, 6.07) is 29.8. The van der Waals surface area contributed by atoms with Crippen molar-refractivity contribution in [3.8, 4) is 16.9 Å². The van der Waals surface area contributed by atoms with E-state index in [0.717, 1.165) is 30.0 Å². The summed E-state index contributed by atoms with van der Waals surface area (Å²) in [6.07, 6.45) is 16.8. The van der Waals surface area contributed by atoms with E-state index in [1.807, 2.05) is 47.5 Å². The molecule has 6 rings (SSSR count). The molecule has 1 amide bonds. The molecule has 0 atom stereocenters. The molecule has 2 fully saturated rings. The number of nitrogens with zero attached hydrogens (tertiary/aromatic N) is 2. The summed E-state index contributed by atoms with van der Waals surface area (Å²) in [5.41, 5.74) is 6.48. The summed E-state index contributed by atoms with van der Waals surface area (Å²) < 4.78 is 6.09. The van der Waals surface area contributed by atoms with Crippen molar-refractivity contribution in [3.63, 3.8) is 0 Å². The molecule has 1 heterocycles. The van der Waals surface area contributed by atoms with Gasteiger partial charge in [-0.25, -0.2) is 0 Å².